The van der Waals surface area contributed by atoms with Crippen LogP contribution in [0.4, 0.5) is 15.6 Å². The molecule has 0 unspecified atom stereocenters. The zero-order chi connectivity index (χ0) is 21.1. The van der Waals surface area contributed by atoms with E-state index in [4.69, 9.17) is 4.42 Å². The first-order valence-electron chi connectivity index (χ1n) is 8.96. The number of hydrogen-bond acceptors (Lipinski definition) is 6. The van der Waals surface area contributed by atoms with Crippen molar-refractivity contribution in [1.29, 1.82) is 0 Å². The summed E-state index contributed by atoms with van der Waals surface area (Å²) in [6, 6.07) is 14.9. The van der Waals surface area contributed by atoms with Crippen molar-refractivity contribution in [3.8, 4) is 0 Å². The Bertz CT molecular complexity index is 1280. The summed E-state index contributed by atoms with van der Waals surface area (Å²) in [7, 11) is -3.73. The van der Waals surface area contributed by atoms with E-state index >= 15 is 0 Å². The number of furan rings is 1. The summed E-state index contributed by atoms with van der Waals surface area (Å²) in [5, 5.41) is 5.66. The number of fused-ring (bicyclic) bond motifs is 1. The average Bonchev–Trinajstić information content (AvgIpc) is 3.35. The lowest BCUT2D eigenvalue weighted by molar-refractivity contribution is 0.251. The zero-order valence-electron chi connectivity index (χ0n) is 15.9. The van der Waals surface area contributed by atoms with E-state index in [1.165, 1.54) is 17.6 Å². The van der Waals surface area contributed by atoms with Gasteiger partial charge in [0.15, 0.2) is 5.13 Å². The van der Waals surface area contributed by atoms with E-state index in [-0.39, 0.29) is 22.6 Å². The predicted octanol–water partition coefficient (Wildman–Crippen LogP) is 4.32. The van der Waals surface area contributed by atoms with E-state index in [0.717, 1.165) is 10.3 Å². The van der Waals surface area contributed by atoms with Gasteiger partial charge in [0.2, 0.25) is 0 Å². The van der Waals surface area contributed by atoms with Crippen LogP contribution in [-0.4, -0.2) is 19.4 Å². The molecule has 2 amide bonds. The van der Waals surface area contributed by atoms with Crippen LogP contribution in [0.3, 0.4) is 0 Å². The highest BCUT2D eigenvalue weighted by Gasteiger charge is 2.16. The van der Waals surface area contributed by atoms with Gasteiger partial charge in [-0.1, -0.05) is 29.0 Å². The first-order valence-corrected chi connectivity index (χ1v) is 11.3. The van der Waals surface area contributed by atoms with Gasteiger partial charge in [0.1, 0.15) is 5.76 Å². The number of hydrogen-bond donors (Lipinski definition) is 3. The molecule has 30 heavy (non-hydrogen) atoms. The number of carbonyl (C=O) groups is 1. The van der Waals surface area contributed by atoms with Crippen LogP contribution in [0.1, 0.15) is 11.3 Å². The van der Waals surface area contributed by atoms with Crippen molar-refractivity contribution in [2.75, 3.05) is 10.0 Å². The summed E-state index contributed by atoms with van der Waals surface area (Å²) in [5.74, 6) is 0.644. The Kier molecular flexibility index (Phi) is 5.42. The molecule has 0 bridgehead atoms. The molecule has 3 N–H and O–H groups in total. The predicted molar refractivity (Wildman–Crippen MR) is 116 cm³/mol. The third-order valence-electron chi connectivity index (χ3n) is 4.20. The van der Waals surface area contributed by atoms with Crippen LogP contribution in [0.2, 0.25) is 0 Å². The number of nitrogens with one attached hydrogen (secondary N) is 3. The molecule has 0 aliphatic carbocycles. The highest BCUT2D eigenvalue weighted by molar-refractivity contribution is 7.93. The van der Waals surface area contributed by atoms with Gasteiger partial charge in [-0.25, -0.2) is 18.2 Å². The lowest BCUT2D eigenvalue weighted by atomic mass is 10.2. The van der Waals surface area contributed by atoms with Crippen molar-refractivity contribution in [2.24, 2.45) is 0 Å². The lowest BCUT2D eigenvalue weighted by Crippen LogP contribution is -2.27. The smallest absolute Gasteiger partial charge is 0.319 e. The maximum atomic E-state index is 12.6. The second kappa shape index (κ2) is 8.17. The number of aryl methyl sites for hydroxylation is 1. The van der Waals surface area contributed by atoms with Crippen LogP contribution < -0.4 is 15.4 Å². The largest absolute Gasteiger partial charge is 0.467 e. The fraction of sp³-hybridized carbons (Fsp3) is 0.100. The molecule has 2 aromatic heterocycles. The van der Waals surface area contributed by atoms with E-state index in [1.807, 2.05) is 6.92 Å². The highest BCUT2D eigenvalue weighted by atomic mass is 32.2. The zero-order valence-corrected chi connectivity index (χ0v) is 17.5. The molecular weight excluding hydrogens is 424 g/mol. The Morgan fingerprint density at radius 3 is 2.67 bits per heavy atom. The molecule has 0 saturated carbocycles. The van der Waals surface area contributed by atoms with E-state index in [2.05, 4.69) is 20.3 Å². The van der Waals surface area contributed by atoms with Gasteiger partial charge in [-0.15, -0.1) is 0 Å². The maximum Gasteiger partial charge on any atom is 0.319 e. The fourth-order valence-corrected chi connectivity index (χ4v) is 4.78. The van der Waals surface area contributed by atoms with Gasteiger partial charge in [0.25, 0.3) is 10.0 Å². The number of nitrogens with zero attached hydrogens (tertiary/aromatic N) is 1. The monoisotopic (exact) mass is 442 g/mol. The van der Waals surface area contributed by atoms with Crippen molar-refractivity contribution in [3.63, 3.8) is 0 Å². The molecule has 0 aliphatic rings. The van der Waals surface area contributed by atoms with Crippen molar-refractivity contribution >= 4 is 48.4 Å². The second-order valence-electron chi connectivity index (χ2n) is 6.51. The highest BCUT2D eigenvalue weighted by Crippen LogP contribution is 2.29. The maximum absolute atomic E-state index is 12.6. The number of anilines is 2. The summed E-state index contributed by atoms with van der Waals surface area (Å²) in [6.45, 7) is 2.16. The minimum atomic E-state index is -3.73. The summed E-state index contributed by atoms with van der Waals surface area (Å²) in [4.78, 5) is 16.6. The number of carbonyl (C=O) groups excluding carboxylic acids is 1. The molecule has 10 heteroatoms. The van der Waals surface area contributed by atoms with Gasteiger partial charge in [-0.3, -0.25) is 4.72 Å². The molecule has 4 aromatic rings. The molecule has 0 spiro atoms. The van der Waals surface area contributed by atoms with Gasteiger partial charge in [-0.2, -0.15) is 0 Å². The number of urea groups is 1. The summed E-state index contributed by atoms with van der Waals surface area (Å²) in [5.41, 5.74) is 2.09. The Morgan fingerprint density at radius 1 is 1.13 bits per heavy atom. The number of benzene rings is 2. The Labute approximate surface area is 177 Å². The summed E-state index contributed by atoms with van der Waals surface area (Å²) in [6.07, 6.45) is 1.54. The number of aromatic nitrogens is 1. The van der Waals surface area contributed by atoms with E-state index in [0.29, 0.717) is 17.0 Å². The van der Waals surface area contributed by atoms with Crippen LogP contribution in [0, 0.1) is 6.92 Å². The van der Waals surface area contributed by atoms with Crippen molar-refractivity contribution < 1.29 is 17.6 Å². The standard InChI is InChI=1S/C20H18N4O4S2/c1-13-4-7-16(8-5-13)30(26,27)24-20-23-17-11-14(6-9-18(17)29-20)22-19(25)21-12-15-3-2-10-28-15/h2-11H,12H2,1H3,(H,23,24)(H2,21,22,25). The molecule has 0 radical (unpaired) electrons. The third kappa shape index (κ3) is 4.61. The first kappa shape index (κ1) is 19.9. The molecule has 0 atom stereocenters. The normalized spacial score (nSPS) is 11.4. The number of sulfonamides is 1. The quantitative estimate of drug-likeness (QED) is 0.412. The summed E-state index contributed by atoms with van der Waals surface area (Å²) < 4.78 is 33.6. The molecule has 0 saturated heterocycles. The van der Waals surface area contributed by atoms with Gasteiger partial charge in [-0.05, 0) is 49.4 Å². The number of amides is 2. The third-order valence-corrected chi connectivity index (χ3v) is 6.64. The molecule has 4 rings (SSSR count). The average molecular weight is 443 g/mol. The Morgan fingerprint density at radius 2 is 1.93 bits per heavy atom. The van der Waals surface area contributed by atoms with E-state index < -0.39 is 10.0 Å². The Hall–Kier alpha value is -3.37. The van der Waals surface area contributed by atoms with Crippen molar-refractivity contribution in [3.05, 3.63) is 72.2 Å². The first-order chi connectivity index (χ1) is 14.4. The minimum absolute atomic E-state index is 0.169. The van der Waals surface area contributed by atoms with Gasteiger partial charge in [0.05, 0.1) is 27.9 Å². The van der Waals surface area contributed by atoms with Gasteiger partial charge >= 0.3 is 6.03 Å². The van der Waals surface area contributed by atoms with Gasteiger partial charge in [0, 0.05) is 5.69 Å². The van der Waals surface area contributed by atoms with E-state index in [1.54, 1.807) is 54.6 Å². The van der Waals surface area contributed by atoms with Crippen LogP contribution >= 0.6 is 11.3 Å². The Balaban J connectivity index is 1.45. The molecule has 0 fully saturated rings. The molecule has 8 nitrogen and oxygen atoms in total. The van der Waals surface area contributed by atoms with Crippen molar-refractivity contribution in [2.45, 2.75) is 18.4 Å². The van der Waals surface area contributed by atoms with E-state index in [9.17, 15) is 13.2 Å². The lowest BCUT2D eigenvalue weighted by Gasteiger charge is -2.06. The van der Waals surface area contributed by atoms with Crippen LogP contribution in [-0.2, 0) is 16.6 Å². The molecule has 154 valence electrons. The molecule has 2 aromatic carbocycles. The molecule has 2 heterocycles. The minimum Gasteiger partial charge on any atom is -0.467 e. The second-order valence-corrected chi connectivity index (χ2v) is 9.22. The van der Waals surface area contributed by atoms with Crippen LogP contribution in [0.25, 0.3) is 10.2 Å². The van der Waals surface area contributed by atoms with Crippen molar-refractivity contribution in [1.82, 2.24) is 10.3 Å². The van der Waals surface area contributed by atoms with Crippen LogP contribution in [0.5, 0.6) is 0 Å². The number of rotatable bonds is 6. The molecule has 0 aliphatic heterocycles. The molecular formula is C20H18N4O4S2. The summed E-state index contributed by atoms with van der Waals surface area (Å²) >= 11 is 1.22. The fourth-order valence-electron chi connectivity index (χ4n) is 2.70. The topological polar surface area (TPSA) is 113 Å². The van der Waals surface area contributed by atoms with Crippen LogP contribution in [0.15, 0.2) is 70.2 Å². The van der Waals surface area contributed by atoms with Gasteiger partial charge < -0.3 is 15.1 Å². The SMILES string of the molecule is Cc1ccc(S(=O)(=O)Nc2nc3cc(NC(=O)NCc4ccco4)ccc3s2)cc1. The number of thiazole rings is 1.